The third-order valence-corrected chi connectivity index (χ3v) is 20.9. The molecule has 2 aliphatic heterocycles. The van der Waals surface area contributed by atoms with Gasteiger partial charge in [-0.05, 0) is 119 Å². The summed E-state index contributed by atoms with van der Waals surface area (Å²) in [5.41, 5.74) is 19.1. The zero-order valence-corrected chi connectivity index (χ0v) is 41.3. The van der Waals surface area contributed by atoms with E-state index >= 15 is 0 Å². The molecule has 0 fully saturated rings. The van der Waals surface area contributed by atoms with Crippen molar-refractivity contribution < 1.29 is 4.74 Å². The van der Waals surface area contributed by atoms with Crippen LogP contribution in [0.25, 0.3) is 44.2 Å². The van der Waals surface area contributed by atoms with Crippen LogP contribution in [0.1, 0.15) is 74.9 Å². The fourth-order valence-corrected chi connectivity index (χ4v) is 16.9. The molecule has 0 bridgehead atoms. The molecule has 0 saturated carbocycles. The predicted molar refractivity (Wildman–Crippen MR) is 285 cm³/mol. The van der Waals surface area contributed by atoms with Crippen molar-refractivity contribution in [2.24, 2.45) is 0 Å². The second-order valence-corrected chi connectivity index (χ2v) is 26.6. The Morgan fingerprint density at radius 3 is 1.84 bits per heavy atom. The molecular formula is C63H53NOSSi. The summed E-state index contributed by atoms with van der Waals surface area (Å²) < 4.78 is 6.94. The first-order valence-corrected chi connectivity index (χ1v) is 27.6. The maximum Gasteiger partial charge on any atom is 0.135 e. The fourth-order valence-electron chi connectivity index (χ4n) is 12.4. The minimum absolute atomic E-state index is 0.0455. The van der Waals surface area contributed by atoms with Crippen molar-refractivity contribution in [3.05, 3.63) is 209 Å². The van der Waals surface area contributed by atoms with Crippen molar-refractivity contribution in [3.8, 4) is 44.9 Å². The molecule has 0 N–H and O–H groups in total. The van der Waals surface area contributed by atoms with E-state index in [1.54, 1.807) is 0 Å². The lowest BCUT2D eigenvalue weighted by atomic mass is 9.75. The quantitative estimate of drug-likeness (QED) is 0.163. The zero-order valence-electron chi connectivity index (χ0n) is 39.5. The number of hydrogen-bond donors (Lipinski definition) is 0. The monoisotopic (exact) mass is 899 g/mol. The van der Waals surface area contributed by atoms with Crippen LogP contribution in [0.5, 0.6) is 11.5 Å². The molecule has 2 aliphatic carbocycles. The van der Waals surface area contributed by atoms with Gasteiger partial charge in [0.25, 0.3) is 0 Å². The van der Waals surface area contributed by atoms with Crippen molar-refractivity contribution in [1.29, 1.82) is 0 Å². The third-order valence-electron chi connectivity index (χ3n) is 16.2. The smallest absolute Gasteiger partial charge is 0.135 e. The van der Waals surface area contributed by atoms with Gasteiger partial charge in [-0.3, -0.25) is 0 Å². The molecule has 326 valence electrons. The number of anilines is 3. The van der Waals surface area contributed by atoms with Gasteiger partial charge in [0.1, 0.15) is 19.6 Å². The molecule has 67 heavy (non-hydrogen) atoms. The number of fused-ring (bicyclic) bond motifs is 13. The molecular weight excluding hydrogens is 847 g/mol. The number of hydrogen-bond acceptors (Lipinski definition) is 3. The summed E-state index contributed by atoms with van der Waals surface area (Å²) >= 11 is 1.98. The van der Waals surface area contributed by atoms with Gasteiger partial charge in [-0.2, -0.15) is 0 Å². The summed E-state index contributed by atoms with van der Waals surface area (Å²) in [5.74, 6) is 2.07. The van der Waals surface area contributed by atoms with Gasteiger partial charge in [-0.15, -0.1) is 0 Å². The highest BCUT2D eigenvalue weighted by Gasteiger charge is 2.45. The van der Waals surface area contributed by atoms with Crippen LogP contribution in [0.2, 0.25) is 13.1 Å². The van der Waals surface area contributed by atoms with Crippen molar-refractivity contribution in [2.45, 2.75) is 80.7 Å². The molecule has 0 saturated heterocycles. The Hall–Kier alpha value is -6.59. The molecule has 0 unspecified atom stereocenters. The van der Waals surface area contributed by atoms with Crippen LogP contribution < -0.4 is 20.0 Å². The first-order valence-electron chi connectivity index (χ1n) is 23.8. The molecule has 0 atom stereocenters. The van der Waals surface area contributed by atoms with Crippen LogP contribution in [-0.4, -0.2) is 8.07 Å². The van der Waals surface area contributed by atoms with E-state index < -0.39 is 8.07 Å². The molecule has 0 spiro atoms. The predicted octanol–water partition coefficient (Wildman–Crippen LogP) is 16.3. The maximum absolute atomic E-state index is 6.94. The zero-order chi connectivity index (χ0) is 45.8. The second-order valence-electron chi connectivity index (χ2n) is 21.3. The van der Waals surface area contributed by atoms with Crippen LogP contribution in [-0.2, 0) is 16.2 Å². The lowest BCUT2D eigenvalue weighted by Crippen LogP contribution is -2.56. The summed E-state index contributed by atoms with van der Waals surface area (Å²) in [7, 11) is -2.00. The minimum atomic E-state index is -2.00. The van der Waals surface area contributed by atoms with Crippen molar-refractivity contribution in [3.63, 3.8) is 0 Å². The molecule has 0 aromatic heterocycles. The summed E-state index contributed by atoms with van der Waals surface area (Å²) in [6, 6.07) is 66.3. The number of ether oxygens (including phenoxy) is 1. The normalized spacial score (nSPS) is 16.6. The van der Waals surface area contributed by atoms with E-state index in [2.05, 4.69) is 235 Å². The van der Waals surface area contributed by atoms with Crippen LogP contribution in [0.15, 0.2) is 186 Å². The van der Waals surface area contributed by atoms with Crippen molar-refractivity contribution >= 4 is 58.0 Å². The Morgan fingerprint density at radius 1 is 0.418 bits per heavy atom. The highest BCUT2D eigenvalue weighted by atomic mass is 32.2. The Morgan fingerprint density at radius 2 is 1.00 bits per heavy atom. The average Bonchev–Trinajstić information content (AvgIpc) is 3.71. The first kappa shape index (κ1) is 40.7. The van der Waals surface area contributed by atoms with Gasteiger partial charge >= 0.3 is 0 Å². The van der Waals surface area contributed by atoms with Crippen LogP contribution in [0.4, 0.5) is 17.1 Å². The van der Waals surface area contributed by atoms with Crippen molar-refractivity contribution in [1.82, 2.24) is 0 Å². The SMILES string of the molecule is CC1(C)c2cccc(-c3ccc(N(c4ccc5c(c4)C(C)(C)c4ccc6c(c4-5)Oc4ccccc4[Si]6(C)C)c4ccc5ccccc5c4)cc3)c2Sc2c1ccc1c2-c2ccccc2C1(C)C. The molecule has 0 radical (unpaired) electrons. The van der Waals surface area contributed by atoms with Gasteiger partial charge in [0.05, 0.1) is 0 Å². The summed E-state index contributed by atoms with van der Waals surface area (Å²) in [6.07, 6.45) is 0. The molecule has 9 aromatic carbocycles. The fraction of sp³-hybridized carbons (Fsp3) is 0.175. The summed E-state index contributed by atoms with van der Waals surface area (Å²) in [5, 5.41) is 5.20. The number of para-hydroxylation sites is 1. The average molecular weight is 900 g/mol. The number of rotatable bonds is 4. The lowest BCUT2D eigenvalue weighted by Gasteiger charge is -2.37. The molecule has 4 heteroatoms. The molecule has 4 aliphatic rings. The third kappa shape index (κ3) is 5.63. The number of benzene rings is 9. The van der Waals surface area contributed by atoms with Gasteiger partial charge in [-0.1, -0.05) is 200 Å². The molecule has 13 rings (SSSR count). The van der Waals surface area contributed by atoms with Gasteiger partial charge in [0.15, 0.2) is 0 Å². The van der Waals surface area contributed by atoms with E-state index in [-0.39, 0.29) is 16.2 Å². The van der Waals surface area contributed by atoms with Gasteiger partial charge in [-0.25, -0.2) is 0 Å². The summed E-state index contributed by atoms with van der Waals surface area (Å²) in [4.78, 5) is 5.21. The van der Waals surface area contributed by atoms with E-state index in [9.17, 15) is 0 Å². The van der Waals surface area contributed by atoms with Crippen LogP contribution in [0, 0.1) is 0 Å². The topological polar surface area (TPSA) is 12.5 Å². The Bertz CT molecular complexity index is 3600. The van der Waals surface area contributed by atoms with Gasteiger partial charge in [0, 0.05) is 54.2 Å². The summed E-state index contributed by atoms with van der Waals surface area (Å²) in [6.45, 7) is 19.3. The largest absolute Gasteiger partial charge is 0.457 e. The molecule has 0 amide bonds. The number of nitrogens with zero attached hydrogens (tertiary/aromatic N) is 1. The second kappa shape index (κ2) is 14.0. The van der Waals surface area contributed by atoms with Gasteiger partial charge in [0.2, 0.25) is 0 Å². The highest BCUT2D eigenvalue weighted by molar-refractivity contribution is 7.99. The molecule has 9 aromatic rings. The molecule has 2 heterocycles. The minimum Gasteiger partial charge on any atom is -0.457 e. The van der Waals surface area contributed by atoms with Crippen LogP contribution >= 0.6 is 11.8 Å². The maximum atomic E-state index is 6.94. The lowest BCUT2D eigenvalue weighted by molar-refractivity contribution is 0.487. The first-order chi connectivity index (χ1) is 32.2. The van der Waals surface area contributed by atoms with E-state index in [0.29, 0.717) is 0 Å². The highest BCUT2D eigenvalue weighted by Crippen LogP contribution is 2.60. The van der Waals surface area contributed by atoms with Gasteiger partial charge < -0.3 is 9.64 Å². The van der Waals surface area contributed by atoms with E-state index in [1.165, 1.54) is 97.7 Å². The molecule has 2 nitrogen and oxygen atoms in total. The Balaban J connectivity index is 0.929. The Kier molecular flexibility index (Phi) is 8.48. The van der Waals surface area contributed by atoms with Crippen LogP contribution in [0.3, 0.4) is 0 Å². The van der Waals surface area contributed by atoms with E-state index in [4.69, 9.17) is 4.74 Å². The Labute approximate surface area is 400 Å². The van der Waals surface area contributed by atoms with Crippen molar-refractivity contribution in [2.75, 3.05) is 4.90 Å². The van der Waals surface area contributed by atoms with E-state index in [0.717, 1.165) is 28.6 Å². The standard InChI is InChI=1S/C63H53NOSSi/c1-61(2)47-20-12-11-18-45(47)57-49(61)32-33-51-60(57)66-59-44(19-15-21-50(59)63(51,5)6)39-25-27-41(28-26-39)64(42-29-24-38-16-9-10-17-40(38)36-42)43-30-31-46-52(37-43)62(3,4)48-34-35-55-58(56(46)48)65-53-22-13-14-23-54(53)67(55,7)8/h9-37H,1-8H3. The van der Waals surface area contributed by atoms with E-state index in [1.807, 2.05) is 11.8 Å².